The van der Waals surface area contributed by atoms with E-state index in [0.717, 1.165) is 48.6 Å². The fourth-order valence-corrected chi connectivity index (χ4v) is 4.36. The van der Waals surface area contributed by atoms with Gasteiger partial charge in [0.2, 0.25) is 11.9 Å². The number of aryl methyl sites for hydroxylation is 1. The molecule has 166 valence electrons. The molecule has 1 aromatic heterocycles. The number of nitrogens with zero attached hydrogens (tertiary/aromatic N) is 4. The van der Waals surface area contributed by atoms with Gasteiger partial charge >= 0.3 is 0 Å². The van der Waals surface area contributed by atoms with E-state index in [4.69, 9.17) is 15.2 Å². The molecule has 1 saturated heterocycles. The molecule has 3 heterocycles. The van der Waals surface area contributed by atoms with Gasteiger partial charge in [0.25, 0.3) is 0 Å². The van der Waals surface area contributed by atoms with Crippen molar-refractivity contribution >= 4 is 17.6 Å². The summed E-state index contributed by atoms with van der Waals surface area (Å²) >= 11 is 0. The number of anilines is 3. The van der Waals surface area contributed by atoms with E-state index in [1.807, 2.05) is 37.3 Å². The van der Waals surface area contributed by atoms with Gasteiger partial charge in [-0.2, -0.15) is 15.0 Å². The summed E-state index contributed by atoms with van der Waals surface area (Å²) in [6.45, 7) is 5.00. The van der Waals surface area contributed by atoms with Crippen molar-refractivity contribution in [3.8, 4) is 11.5 Å². The molecular formula is C24H28N6O2. The Morgan fingerprint density at radius 2 is 1.88 bits per heavy atom. The van der Waals surface area contributed by atoms with E-state index < -0.39 is 0 Å². The Labute approximate surface area is 187 Å². The lowest BCUT2D eigenvalue weighted by molar-refractivity contribution is 0.241. The standard InChI is InChI=1S/C24H28N6O2/c1-16-6-2-3-7-18(16)26-24-28-22(27-23(25)29-24)15-30-11-4-8-19(30)17-9-10-20-21(14-17)32-13-5-12-31-20/h2-3,6-7,9-10,14,19H,4-5,8,11-13,15H2,1H3,(H3,25,26,27,28,29). The molecule has 8 heteroatoms. The van der Waals surface area contributed by atoms with Crippen LogP contribution >= 0.6 is 0 Å². The van der Waals surface area contributed by atoms with Crippen molar-refractivity contribution in [2.75, 3.05) is 30.8 Å². The highest BCUT2D eigenvalue weighted by Gasteiger charge is 2.28. The number of para-hydroxylation sites is 1. The molecule has 3 N–H and O–H groups in total. The summed E-state index contributed by atoms with van der Waals surface area (Å²) in [5.41, 5.74) is 9.31. The molecule has 1 atom stereocenters. The highest BCUT2D eigenvalue weighted by atomic mass is 16.5. The van der Waals surface area contributed by atoms with Crippen LogP contribution in [-0.4, -0.2) is 39.6 Å². The van der Waals surface area contributed by atoms with Gasteiger partial charge in [-0.05, 0) is 55.6 Å². The van der Waals surface area contributed by atoms with Crippen LogP contribution in [-0.2, 0) is 6.54 Å². The Kier molecular flexibility index (Phi) is 5.77. The third-order valence-electron chi connectivity index (χ3n) is 5.96. The number of nitrogens with two attached hydrogens (primary N) is 1. The van der Waals surface area contributed by atoms with Gasteiger partial charge in [0.15, 0.2) is 11.5 Å². The predicted octanol–water partition coefficient (Wildman–Crippen LogP) is 4.00. The number of likely N-dealkylation sites (tertiary alicyclic amines) is 1. The quantitative estimate of drug-likeness (QED) is 0.624. The van der Waals surface area contributed by atoms with Gasteiger partial charge in [0.05, 0.1) is 19.8 Å². The number of ether oxygens (including phenoxy) is 2. The first-order valence-corrected chi connectivity index (χ1v) is 11.1. The summed E-state index contributed by atoms with van der Waals surface area (Å²) in [7, 11) is 0. The van der Waals surface area contributed by atoms with Gasteiger partial charge in [-0.15, -0.1) is 0 Å². The SMILES string of the molecule is Cc1ccccc1Nc1nc(N)nc(CN2CCCC2c2ccc3c(c2)OCCCO3)n1. The Morgan fingerprint density at radius 3 is 2.75 bits per heavy atom. The normalized spacial score (nSPS) is 18.3. The Morgan fingerprint density at radius 1 is 1.03 bits per heavy atom. The minimum atomic E-state index is 0.220. The molecule has 5 rings (SSSR count). The zero-order chi connectivity index (χ0) is 21.9. The monoisotopic (exact) mass is 432 g/mol. The zero-order valence-electron chi connectivity index (χ0n) is 18.3. The van der Waals surface area contributed by atoms with Crippen molar-refractivity contribution in [2.45, 2.75) is 38.8 Å². The van der Waals surface area contributed by atoms with Crippen LogP contribution in [0.1, 0.15) is 42.3 Å². The summed E-state index contributed by atoms with van der Waals surface area (Å²) in [5.74, 6) is 3.01. The fraction of sp³-hybridized carbons (Fsp3) is 0.375. The van der Waals surface area contributed by atoms with Crippen LogP contribution in [0, 0.1) is 6.92 Å². The van der Waals surface area contributed by atoms with E-state index in [1.54, 1.807) is 0 Å². The van der Waals surface area contributed by atoms with Crippen molar-refractivity contribution in [1.29, 1.82) is 0 Å². The molecule has 0 saturated carbocycles. The second-order valence-corrected chi connectivity index (χ2v) is 8.26. The molecule has 2 aliphatic rings. The van der Waals surface area contributed by atoms with E-state index in [9.17, 15) is 0 Å². The van der Waals surface area contributed by atoms with Gasteiger partial charge in [0.1, 0.15) is 5.82 Å². The first-order chi connectivity index (χ1) is 15.7. The van der Waals surface area contributed by atoms with Crippen LogP contribution in [0.15, 0.2) is 42.5 Å². The average molecular weight is 433 g/mol. The molecule has 8 nitrogen and oxygen atoms in total. The number of fused-ring (bicyclic) bond motifs is 1. The molecule has 3 aromatic rings. The molecule has 0 amide bonds. The van der Waals surface area contributed by atoms with Crippen LogP contribution in [0.25, 0.3) is 0 Å². The van der Waals surface area contributed by atoms with Crippen molar-refractivity contribution in [2.24, 2.45) is 0 Å². The van der Waals surface area contributed by atoms with E-state index in [-0.39, 0.29) is 12.0 Å². The molecule has 0 spiro atoms. The molecular weight excluding hydrogens is 404 g/mol. The molecule has 1 fully saturated rings. The summed E-state index contributed by atoms with van der Waals surface area (Å²) in [4.78, 5) is 15.7. The van der Waals surface area contributed by atoms with Crippen molar-refractivity contribution in [3.63, 3.8) is 0 Å². The second-order valence-electron chi connectivity index (χ2n) is 8.26. The number of nitrogens with one attached hydrogen (secondary N) is 1. The number of hydrogen-bond donors (Lipinski definition) is 2. The van der Waals surface area contributed by atoms with Crippen molar-refractivity contribution in [1.82, 2.24) is 19.9 Å². The molecule has 2 aliphatic heterocycles. The summed E-state index contributed by atoms with van der Waals surface area (Å²) in [6.07, 6.45) is 3.10. The maximum Gasteiger partial charge on any atom is 0.232 e. The number of rotatable bonds is 5. The fourth-order valence-electron chi connectivity index (χ4n) is 4.36. The Hall–Kier alpha value is -3.39. The van der Waals surface area contributed by atoms with Crippen LogP contribution in [0.4, 0.5) is 17.6 Å². The van der Waals surface area contributed by atoms with Crippen LogP contribution in [0.5, 0.6) is 11.5 Å². The molecule has 2 aromatic carbocycles. The smallest absolute Gasteiger partial charge is 0.232 e. The Balaban J connectivity index is 1.35. The molecule has 0 bridgehead atoms. The molecule has 0 radical (unpaired) electrons. The van der Waals surface area contributed by atoms with Crippen molar-refractivity contribution < 1.29 is 9.47 Å². The highest BCUT2D eigenvalue weighted by molar-refractivity contribution is 5.58. The first kappa shape index (κ1) is 20.5. The lowest BCUT2D eigenvalue weighted by Gasteiger charge is -2.25. The number of benzene rings is 2. The van der Waals surface area contributed by atoms with Gasteiger partial charge in [-0.25, -0.2) is 0 Å². The van der Waals surface area contributed by atoms with E-state index >= 15 is 0 Å². The van der Waals surface area contributed by atoms with E-state index in [2.05, 4.69) is 37.3 Å². The van der Waals surface area contributed by atoms with Crippen molar-refractivity contribution in [3.05, 3.63) is 59.4 Å². The van der Waals surface area contributed by atoms with Crippen LogP contribution in [0.3, 0.4) is 0 Å². The van der Waals surface area contributed by atoms with Crippen LogP contribution < -0.4 is 20.5 Å². The summed E-state index contributed by atoms with van der Waals surface area (Å²) in [5, 5.41) is 3.27. The topological polar surface area (TPSA) is 98.4 Å². The largest absolute Gasteiger partial charge is 0.490 e. The minimum absolute atomic E-state index is 0.220. The maximum absolute atomic E-state index is 6.01. The zero-order valence-corrected chi connectivity index (χ0v) is 18.3. The van der Waals surface area contributed by atoms with Gasteiger partial charge in [0, 0.05) is 18.2 Å². The van der Waals surface area contributed by atoms with E-state index in [0.29, 0.717) is 31.5 Å². The second kappa shape index (κ2) is 9.00. The minimum Gasteiger partial charge on any atom is -0.490 e. The average Bonchev–Trinajstić information content (AvgIpc) is 3.10. The predicted molar refractivity (Wildman–Crippen MR) is 123 cm³/mol. The summed E-state index contributed by atoms with van der Waals surface area (Å²) < 4.78 is 11.7. The summed E-state index contributed by atoms with van der Waals surface area (Å²) in [6, 6.07) is 14.6. The maximum atomic E-state index is 6.01. The first-order valence-electron chi connectivity index (χ1n) is 11.1. The highest BCUT2D eigenvalue weighted by Crippen LogP contribution is 2.38. The molecule has 32 heavy (non-hydrogen) atoms. The molecule has 1 unspecified atom stereocenters. The third-order valence-corrected chi connectivity index (χ3v) is 5.96. The van der Waals surface area contributed by atoms with Gasteiger partial charge < -0.3 is 20.5 Å². The van der Waals surface area contributed by atoms with E-state index in [1.165, 1.54) is 5.56 Å². The Bertz CT molecular complexity index is 1110. The van der Waals surface area contributed by atoms with Crippen LogP contribution in [0.2, 0.25) is 0 Å². The number of aromatic nitrogens is 3. The number of hydrogen-bond acceptors (Lipinski definition) is 8. The third kappa shape index (κ3) is 4.45. The lowest BCUT2D eigenvalue weighted by Crippen LogP contribution is -2.24. The lowest BCUT2D eigenvalue weighted by atomic mass is 10.0. The number of nitrogen functional groups attached to an aromatic ring is 1. The molecule has 0 aliphatic carbocycles. The van der Waals surface area contributed by atoms with Gasteiger partial charge in [-0.3, -0.25) is 4.90 Å². The van der Waals surface area contributed by atoms with Gasteiger partial charge in [-0.1, -0.05) is 24.3 Å².